The van der Waals surface area contributed by atoms with Gasteiger partial charge in [0.15, 0.2) is 11.6 Å². The third-order valence-electron chi connectivity index (χ3n) is 3.07. The van der Waals surface area contributed by atoms with E-state index in [2.05, 4.69) is 33.6 Å². The Morgan fingerprint density at radius 2 is 2.20 bits per heavy atom. The third kappa shape index (κ3) is 3.59. The number of halogens is 2. The van der Waals surface area contributed by atoms with Crippen LogP contribution in [-0.2, 0) is 6.42 Å². The van der Waals surface area contributed by atoms with Gasteiger partial charge >= 0.3 is 0 Å². The molecule has 0 aliphatic heterocycles. The van der Waals surface area contributed by atoms with Crippen LogP contribution in [0.4, 0.5) is 4.39 Å². The number of likely N-dealkylation sites (N-methyl/N-ethyl adjacent to an activating group) is 1. The molecule has 1 aromatic heterocycles. The lowest BCUT2D eigenvalue weighted by molar-refractivity contribution is 0.386. The summed E-state index contributed by atoms with van der Waals surface area (Å²) in [5, 5.41) is 5.50. The maximum atomic E-state index is 13.8. The maximum absolute atomic E-state index is 13.8. The Morgan fingerprint density at radius 3 is 2.75 bits per heavy atom. The number of benzene rings is 1. The summed E-state index contributed by atoms with van der Waals surface area (Å²) >= 11 is 5.26. The molecule has 0 saturated heterocycles. The van der Waals surface area contributed by atoms with Crippen LogP contribution in [0.5, 0.6) is 5.75 Å². The Balaban J connectivity index is 2.20. The number of rotatable bonds is 6. The molecule has 20 heavy (non-hydrogen) atoms. The van der Waals surface area contributed by atoms with Crippen molar-refractivity contribution in [1.29, 1.82) is 0 Å². The molecule has 2 nitrogen and oxygen atoms in total. The maximum Gasteiger partial charge on any atom is 0.165 e. The van der Waals surface area contributed by atoms with Crippen molar-refractivity contribution in [3.05, 3.63) is 50.4 Å². The Hall–Kier alpha value is -0.910. The molecule has 5 heteroatoms. The average Bonchev–Trinajstić information content (AvgIpc) is 2.85. The zero-order valence-electron chi connectivity index (χ0n) is 11.5. The smallest absolute Gasteiger partial charge is 0.165 e. The molecule has 2 rings (SSSR count). The minimum atomic E-state index is -0.314. The molecule has 0 spiro atoms. The largest absolute Gasteiger partial charge is 0.494 e. The van der Waals surface area contributed by atoms with Crippen LogP contribution >= 0.6 is 27.3 Å². The van der Waals surface area contributed by atoms with E-state index >= 15 is 0 Å². The van der Waals surface area contributed by atoms with Crippen LogP contribution in [0, 0.1) is 5.82 Å². The molecule has 0 bridgehead atoms. The Labute approximate surface area is 131 Å². The molecule has 1 atom stereocenters. The predicted octanol–water partition coefficient (Wildman–Crippen LogP) is 4.55. The average molecular weight is 358 g/mol. The number of ether oxygens (including phenoxy) is 1. The lowest BCUT2D eigenvalue weighted by Gasteiger charge is -2.17. The summed E-state index contributed by atoms with van der Waals surface area (Å²) in [6, 6.07) is 7.36. The normalized spacial score (nSPS) is 12.4. The molecule has 0 fully saturated rings. The Kier molecular flexibility index (Phi) is 5.57. The molecule has 108 valence electrons. The lowest BCUT2D eigenvalue weighted by Crippen LogP contribution is -2.22. The van der Waals surface area contributed by atoms with E-state index in [1.54, 1.807) is 23.5 Å². The van der Waals surface area contributed by atoms with E-state index in [4.69, 9.17) is 4.74 Å². The van der Waals surface area contributed by atoms with Crippen LogP contribution in [0.25, 0.3) is 0 Å². The predicted molar refractivity (Wildman–Crippen MR) is 85.1 cm³/mol. The summed E-state index contributed by atoms with van der Waals surface area (Å²) in [4.78, 5) is 1.24. The summed E-state index contributed by atoms with van der Waals surface area (Å²) in [5.41, 5.74) is 0.953. The van der Waals surface area contributed by atoms with Crippen molar-refractivity contribution >= 4 is 27.3 Å². The fourth-order valence-electron chi connectivity index (χ4n) is 2.13. The summed E-state index contributed by atoms with van der Waals surface area (Å²) in [6.07, 6.45) is 0.744. The summed E-state index contributed by atoms with van der Waals surface area (Å²) in [7, 11) is 1.47. The van der Waals surface area contributed by atoms with Crippen molar-refractivity contribution in [2.24, 2.45) is 0 Å². The van der Waals surface area contributed by atoms with E-state index in [1.165, 1.54) is 12.0 Å². The van der Waals surface area contributed by atoms with Gasteiger partial charge in [0, 0.05) is 15.4 Å². The van der Waals surface area contributed by atoms with Gasteiger partial charge in [-0.25, -0.2) is 4.39 Å². The molecule has 2 aromatic rings. The van der Waals surface area contributed by atoms with Crippen molar-refractivity contribution in [3.8, 4) is 5.75 Å². The van der Waals surface area contributed by atoms with Crippen LogP contribution < -0.4 is 10.1 Å². The van der Waals surface area contributed by atoms with E-state index in [0.29, 0.717) is 0 Å². The van der Waals surface area contributed by atoms with Gasteiger partial charge in [-0.2, -0.15) is 0 Å². The second-order valence-electron chi connectivity index (χ2n) is 4.42. The zero-order valence-corrected chi connectivity index (χ0v) is 13.9. The molecular formula is C15H17BrFNOS. The van der Waals surface area contributed by atoms with Crippen molar-refractivity contribution < 1.29 is 9.13 Å². The quantitative estimate of drug-likeness (QED) is 0.818. The fourth-order valence-corrected chi connectivity index (χ4v) is 3.86. The number of hydrogen-bond acceptors (Lipinski definition) is 3. The minimum Gasteiger partial charge on any atom is -0.494 e. The van der Waals surface area contributed by atoms with Crippen LogP contribution in [0.15, 0.2) is 34.1 Å². The molecular weight excluding hydrogens is 341 g/mol. The van der Waals surface area contributed by atoms with Crippen LogP contribution in [0.3, 0.4) is 0 Å². The standard InChI is InChI=1S/C15H17BrFNOS/c1-3-18-13(15-11(16)6-7-20-15)9-10-4-5-14(19-2)12(17)8-10/h4-8,13,18H,3,9H2,1-2H3. The van der Waals surface area contributed by atoms with Gasteiger partial charge < -0.3 is 10.1 Å². The highest BCUT2D eigenvalue weighted by Crippen LogP contribution is 2.31. The van der Waals surface area contributed by atoms with E-state index in [1.807, 2.05) is 12.1 Å². The monoisotopic (exact) mass is 357 g/mol. The van der Waals surface area contributed by atoms with Crippen molar-refractivity contribution in [3.63, 3.8) is 0 Å². The molecule has 1 aromatic carbocycles. The zero-order chi connectivity index (χ0) is 14.5. The van der Waals surface area contributed by atoms with Crippen molar-refractivity contribution in [2.75, 3.05) is 13.7 Å². The summed E-state index contributed by atoms with van der Waals surface area (Å²) in [5.74, 6) is -0.0310. The van der Waals surface area contributed by atoms with Crippen LogP contribution in [-0.4, -0.2) is 13.7 Å². The molecule has 0 saturated carbocycles. The highest BCUT2D eigenvalue weighted by molar-refractivity contribution is 9.10. The molecule has 1 heterocycles. The Bertz CT molecular complexity index is 573. The van der Waals surface area contributed by atoms with Gasteiger partial charge in [-0.3, -0.25) is 0 Å². The molecule has 0 aliphatic rings. The molecule has 1 N–H and O–H groups in total. The number of methoxy groups -OCH3 is 1. The number of nitrogens with one attached hydrogen (secondary N) is 1. The molecule has 0 radical (unpaired) electrons. The molecule has 0 aliphatic carbocycles. The fraction of sp³-hybridized carbons (Fsp3) is 0.333. The van der Waals surface area contributed by atoms with E-state index in [0.717, 1.165) is 23.0 Å². The van der Waals surface area contributed by atoms with E-state index in [-0.39, 0.29) is 17.6 Å². The first kappa shape index (κ1) is 15.5. The van der Waals surface area contributed by atoms with Gasteiger partial charge in [0.25, 0.3) is 0 Å². The molecule has 0 amide bonds. The van der Waals surface area contributed by atoms with Gasteiger partial charge in [0.1, 0.15) is 0 Å². The van der Waals surface area contributed by atoms with Gasteiger partial charge in [-0.1, -0.05) is 13.0 Å². The topological polar surface area (TPSA) is 21.3 Å². The first-order valence-electron chi connectivity index (χ1n) is 6.44. The van der Waals surface area contributed by atoms with Gasteiger partial charge in [-0.15, -0.1) is 11.3 Å². The Morgan fingerprint density at radius 1 is 1.40 bits per heavy atom. The first-order valence-corrected chi connectivity index (χ1v) is 8.11. The highest BCUT2D eigenvalue weighted by atomic mass is 79.9. The summed E-state index contributed by atoms with van der Waals surface area (Å²) < 4.78 is 19.8. The van der Waals surface area contributed by atoms with Crippen LogP contribution in [0.2, 0.25) is 0 Å². The number of hydrogen-bond donors (Lipinski definition) is 1. The van der Waals surface area contributed by atoms with E-state index in [9.17, 15) is 4.39 Å². The SMILES string of the molecule is CCNC(Cc1ccc(OC)c(F)c1)c1sccc1Br. The first-order chi connectivity index (χ1) is 9.65. The van der Waals surface area contributed by atoms with E-state index < -0.39 is 0 Å². The van der Waals surface area contributed by atoms with Gasteiger partial charge in [-0.05, 0) is 58.0 Å². The van der Waals surface area contributed by atoms with Gasteiger partial charge in [0.2, 0.25) is 0 Å². The second-order valence-corrected chi connectivity index (χ2v) is 6.22. The van der Waals surface area contributed by atoms with Crippen LogP contribution in [0.1, 0.15) is 23.4 Å². The van der Waals surface area contributed by atoms with Crippen molar-refractivity contribution in [2.45, 2.75) is 19.4 Å². The van der Waals surface area contributed by atoms with Crippen molar-refractivity contribution in [1.82, 2.24) is 5.32 Å². The third-order valence-corrected chi connectivity index (χ3v) is 5.05. The minimum absolute atomic E-state index is 0.183. The lowest BCUT2D eigenvalue weighted by atomic mass is 10.0. The summed E-state index contributed by atoms with van der Waals surface area (Å²) in [6.45, 7) is 2.94. The van der Waals surface area contributed by atoms with Gasteiger partial charge in [0.05, 0.1) is 7.11 Å². The molecule has 1 unspecified atom stereocenters. The highest BCUT2D eigenvalue weighted by Gasteiger charge is 2.16. The number of thiophene rings is 1. The second kappa shape index (κ2) is 7.20.